The summed E-state index contributed by atoms with van der Waals surface area (Å²) in [6.07, 6.45) is 0.570. The summed E-state index contributed by atoms with van der Waals surface area (Å²) in [5.74, 6) is -2.02. The van der Waals surface area contributed by atoms with Crippen LogP contribution in [0.5, 0.6) is 0 Å². The first kappa shape index (κ1) is 36.5. The maximum atomic E-state index is 12.1. The maximum absolute atomic E-state index is 12.1. The van der Waals surface area contributed by atoms with Crippen molar-refractivity contribution < 1.29 is 48.3 Å². The number of carbonyl (C=O) groups excluding carboxylic acids is 2. The molecule has 3 heterocycles. The Morgan fingerprint density at radius 2 is 1.79 bits per heavy atom. The van der Waals surface area contributed by atoms with Crippen molar-refractivity contribution in [1.29, 1.82) is 5.26 Å². The molecule has 0 saturated carbocycles. The van der Waals surface area contributed by atoms with Crippen molar-refractivity contribution in [3.63, 3.8) is 0 Å². The molecule has 4 N–H and O–H groups in total. The van der Waals surface area contributed by atoms with Crippen molar-refractivity contribution in [2.24, 2.45) is 5.41 Å². The van der Waals surface area contributed by atoms with Crippen LogP contribution in [0.2, 0.25) is 0 Å². The van der Waals surface area contributed by atoms with Crippen LogP contribution < -0.4 is 5.73 Å². The van der Waals surface area contributed by atoms with Crippen molar-refractivity contribution >= 4 is 35.4 Å². The van der Waals surface area contributed by atoms with Crippen LogP contribution >= 0.6 is 0 Å². The fraction of sp³-hybridized carbons (Fsp3) is 0.593. The molecule has 2 aromatic heterocycles. The molecule has 0 aromatic carbocycles. The average Bonchev–Trinajstić information content (AvgIpc) is 3.55. The number of ether oxygens (including phenoxy) is 4. The summed E-state index contributed by atoms with van der Waals surface area (Å²) in [6, 6.07) is 3.02. The minimum Gasteiger partial charge on any atom is -0.481 e. The number of carboxylic acids is 2. The van der Waals surface area contributed by atoms with Crippen molar-refractivity contribution in [3.05, 3.63) is 24.2 Å². The van der Waals surface area contributed by atoms with Crippen molar-refractivity contribution in [2.45, 2.75) is 70.8 Å². The van der Waals surface area contributed by atoms with E-state index in [1.165, 1.54) is 13.4 Å². The highest BCUT2D eigenvalue weighted by molar-refractivity contribution is 5.77. The number of nitrogens with zero attached hydrogens (tertiary/aromatic N) is 5. The Balaban J connectivity index is 0.000000602. The average molecular weight is 609 g/mol. The second kappa shape index (κ2) is 16.8. The van der Waals surface area contributed by atoms with Gasteiger partial charge in [0.15, 0.2) is 5.82 Å². The predicted molar refractivity (Wildman–Crippen MR) is 151 cm³/mol. The SMILES string of the molecule is C#N.CC(C)(CC(=O)O)CC(=O)O.COC(=O)C(C(C)OC(=O)OCC1CCC(c2ccc3c(N)ncnn23)O1)N(C)C. The van der Waals surface area contributed by atoms with Crippen molar-refractivity contribution in [2.75, 3.05) is 33.5 Å². The molecule has 0 radical (unpaired) electrons. The van der Waals surface area contributed by atoms with E-state index in [-0.39, 0.29) is 31.7 Å². The molecule has 0 bridgehead atoms. The summed E-state index contributed by atoms with van der Waals surface area (Å²) in [5, 5.41) is 27.5. The number of hydrogen-bond acceptors (Lipinski definition) is 13. The zero-order valence-corrected chi connectivity index (χ0v) is 25.1. The topological polar surface area (TPSA) is 229 Å². The number of nitrogen functional groups attached to an aromatic ring is 1. The lowest BCUT2D eigenvalue weighted by molar-refractivity contribution is -0.150. The number of aliphatic carboxylic acids is 2. The van der Waals surface area contributed by atoms with Gasteiger partial charge in [-0.1, -0.05) is 13.8 Å². The molecule has 1 aliphatic heterocycles. The molecule has 1 aliphatic rings. The maximum Gasteiger partial charge on any atom is 0.508 e. The van der Waals surface area contributed by atoms with Gasteiger partial charge in [-0.15, -0.1) is 0 Å². The van der Waals surface area contributed by atoms with E-state index < -0.39 is 41.6 Å². The number of rotatable bonds is 11. The molecular formula is C27H40N6O10. The normalized spacial score (nSPS) is 17.4. The van der Waals surface area contributed by atoms with Gasteiger partial charge in [-0.05, 0) is 51.4 Å². The van der Waals surface area contributed by atoms with Crippen LogP contribution in [0.25, 0.3) is 5.52 Å². The third-order valence-electron chi connectivity index (χ3n) is 6.32. The highest BCUT2D eigenvalue weighted by atomic mass is 16.7. The first-order valence-electron chi connectivity index (χ1n) is 13.2. The van der Waals surface area contributed by atoms with Gasteiger partial charge in [0.1, 0.15) is 36.7 Å². The van der Waals surface area contributed by atoms with E-state index in [1.54, 1.807) is 44.3 Å². The minimum absolute atomic E-state index is 0.0489. The molecule has 1 fully saturated rings. The van der Waals surface area contributed by atoms with Crippen LogP contribution in [0.1, 0.15) is 58.3 Å². The van der Waals surface area contributed by atoms with E-state index in [9.17, 15) is 19.2 Å². The van der Waals surface area contributed by atoms with Gasteiger partial charge in [0, 0.05) is 6.57 Å². The number of esters is 1. The molecule has 2 aromatic rings. The fourth-order valence-corrected chi connectivity index (χ4v) is 4.50. The molecule has 16 nitrogen and oxygen atoms in total. The molecule has 3 rings (SSSR count). The fourth-order valence-electron chi connectivity index (χ4n) is 4.50. The lowest BCUT2D eigenvalue weighted by Crippen LogP contribution is -2.46. The number of aromatic nitrogens is 3. The monoisotopic (exact) mass is 608 g/mol. The summed E-state index contributed by atoms with van der Waals surface area (Å²) in [7, 11) is 4.68. The number of carboxylic acid groups (broad SMARTS) is 2. The summed E-state index contributed by atoms with van der Waals surface area (Å²) in [5.41, 5.74) is 6.79. The first-order chi connectivity index (χ1) is 20.1. The Hall–Kier alpha value is -4.49. The quantitative estimate of drug-likeness (QED) is 0.311. The highest BCUT2D eigenvalue weighted by Gasteiger charge is 2.33. The lowest BCUT2D eigenvalue weighted by Gasteiger charge is -2.27. The molecular weight excluding hydrogens is 568 g/mol. The number of anilines is 1. The molecule has 4 unspecified atom stereocenters. The molecule has 1 saturated heterocycles. The number of hydrogen-bond donors (Lipinski definition) is 3. The third-order valence-corrected chi connectivity index (χ3v) is 6.32. The zero-order chi connectivity index (χ0) is 32.9. The van der Waals surface area contributed by atoms with Gasteiger partial charge >= 0.3 is 24.1 Å². The van der Waals surface area contributed by atoms with E-state index in [0.29, 0.717) is 12.2 Å². The number of likely N-dealkylation sites (N-methyl/N-ethyl adjacent to an activating group) is 1. The molecule has 43 heavy (non-hydrogen) atoms. The predicted octanol–water partition coefficient (Wildman–Crippen LogP) is 2.28. The number of nitrogens with two attached hydrogens (primary N) is 1. The van der Waals surface area contributed by atoms with Crippen LogP contribution in [-0.2, 0) is 33.3 Å². The number of fused-ring (bicyclic) bond motifs is 1. The highest BCUT2D eigenvalue weighted by Crippen LogP contribution is 2.34. The van der Waals surface area contributed by atoms with Gasteiger partial charge in [0.25, 0.3) is 0 Å². The number of methoxy groups -OCH3 is 1. The minimum atomic E-state index is -0.962. The second-order valence-electron chi connectivity index (χ2n) is 10.6. The molecule has 4 atom stereocenters. The Morgan fingerprint density at radius 3 is 2.33 bits per heavy atom. The summed E-state index contributed by atoms with van der Waals surface area (Å²) < 4.78 is 22.9. The Kier molecular flexibility index (Phi) is 14.3. The Bertz CT molecular complexity index is 1240. The number of carbonyl (C=O) groups is 4. The van der Waals surface area contributed by atoms with Gasteiger partial charge in [-0.25, -0.2) is 19.6 Å². The van der Waals surface area contributed by atoms with Crippen LogP contribution in [-0.4, -0.2) is 99.8 Å². The van der Waals surface area contributed by atoms with Gasteiger partial charge in [0.05, 0.1) is 31.7 Å². The van der Waals surface area contributed by atoms with Crippen LogP contribution in [0.15, 0.2) is 18.5 Å². The zero-order valence-electron chi connectivity index (χ0n) is 25.1. The second-order valence-corrected chi connectivity index (χ2v) is 10.6. The van der Waals surface area contributed by atoms with Crippen molar-refractivity contribution in [3.8, 4) is 6.57 Å². The summed E-state index contributed by atoms with van der Waals surface area (Å²) in [6.45, 7) is 8.40. The van der Waals surface area contributed by atoms with E-state index >= 15 is 0 Å². The number of nitriles is 1. The van der Waals surface area contributed by atoms with Gasteiger partial charge in [0.2, 0.25) is 0 Å². The first-order valence-corrected chi connectivity index (χ1v) is 13.2. The van der Waals surface area contributed by atoms with E-state index in [2.05, 4.69) is 16.7 Å². The smallest absolute Gasteiger partial charge is 0.481 e. The van der Waals surface area contributed by atoms with E-state index in [0.717, 1.165) is 17.6 Å². The lowest BCUT2D eigenvalue weighted by atomic mass is 9.86. The largest absolute Gasteiger partial charge is 0.508 e. The van der Waals surface area contributed by atoms with Crippen LogP contribution in [0, 0.1) is 17.2 Å². The molecule has 16 heteroatoms. The molecule has 238 valence electrons. The molecule has 0 amide bonds. The Labute approximate surface area is 249 Å². The van der Waals surface area contributed by atoms with Crippen LogP contribution in [0.3, 0.4) is 0 Å². The van der Waals surface area contributed by atoms with E-state index in [4.69, 9.17) is 40.2 Å². The summed E-state index contributed by atoms with van der Waals surface area (Å²) in [4.78, 5) is 49.9. The third kappa shape index (κ3) is 11.4. The standard InChI is InChI=1S/C19H27N5O6.C7H12O4.CHN/c1-11(16(23(2)3)18(25)27-4)29-19(26)28-9-12-5-8-15(30-12)13-6-7-14-17(20)21-10-22-24(13)14;1-7(2,3-5(8)9)4-6(10)11;1-2/h6-7,10-12,15-16H,5,8-9H2,1-4H3,(H2,20,21,22);3-4H2,1-2H3,(H,8,9)(H,10,11);1H. The summed E-state index contributed by atoms with van der Waals surface area (Å²) >= 11 is 0. The van der Waals surface area contributed by atoms with Crippen LogP contribution in [0.4, 0.5) is 10.6 Å². The Morgan fingerprint density at radius 1 is 1.19 bits per heavy atom. The molecule has 0 aliphatic carbocycles. The molecule has 0 spiro atoms. The van der Waals surface area contributed by atoms with Gasteiger partial charge in [-0.2, -0.15) is 5.10 Å². The van der Waals surface area contributed by atoms with Gasteiger partial charge in [-0.3, -0.25) is 19.3 Å². The van der Waals surface area contributed by atoms with E-state index in [1.807, 2.05) is 12.1 Å². The van der Waals surface area contributed by atoms with Gasteiger partial charge < -0.3 is 34.9 Å². The van der Waals surface area contributed by atoms with Crippen molar-refractivity contribution in [1.82, 2.24) is 19.5 Å².